The number of carbonyl (C=O) groups excluding carboxylic acids is 1. The summed E-state index contributed by atoms with van der Waals surface area (Å²) in [4.78, 5) is 11.3. The van der Waals surface area contributed by atoms with E-state index in [0.717, 1.165) is 18.4 Å². The van der Waals surface area contributed by atoms with E-state index in [1.165, 1.54) is 12.1 Å². The molecule has 0 heterocycles. The lowest BCUT2D eigenvalue weighted by atomic mass is 10.2. The molecule has 0 unspecified atom stereocenters. The van der Waals surface area contributed by atoms with Crippen LogP contribution in [0.15, 0.2) is 18.2 Å². The molecule has 1 amide bonds. The average molecular weight is 250 g/mol. The SMILES string of the molecule is O=C(NCCNCc1ccc(O)cc1O)C1CC1. The summed E-state index contributed by atoms with van der Waals surface area (Å²) in [6.45, 7) is 1.75. The first-order chi connectivity index (χ1) is 8.66. The molecule has 0 aromatic heterocycles. The Kier molecular flexibility index (Phi) is 4.04. The van der Waals surface area contributed by atoms with Crippen molar-refractivity contribution in [3.8, 4) is 11.5 Å². The van der Waals surface area contributed by atoms with Crippen molar-refractivity contribution in [1.29, 1.82) is 0 Å². The van der Waals surface area contributed by atoms with Gasteiger partial charge in [-0.15, -0.1) is 0 Å². The Labute approximate surface area is 106 Å². The Morgan fingerprint density at radius 3 is 2.72 bits per heavy atom. The highest BCUT2D eigenvalue weighted by molar-refractivity contribution is 5.80. The minimum absolute atomic E-state index is 0.0490. The van der Waals surface area contributed by atoms with Crippen molar-refractivity contribution >= 4 is 5.91 Å². The fourth-order valence-corrected chi connectivity index (χ4v) is 1.69. The fourth-order valence-electron chi connectivity index (χ4n) is 1.69. The first-order valence-electron chi connectivity index (χ1n) is 6.16. The van der Waals surface area contributed by atoms with Crippen LogP contribution in [0.4, 0.5) is 0 Å². The fraction of sp³-hybridized carbons (Fsp3) is 0.462. The molecule has 98 valence electrons. The van der Waals surface area contributed by atoms with Crippen LogP contribution in [0, 0.1) is 5.92 Å². The number of benzene rings is 1. The predicted molar refractivity (Wildman–Crippen MR) is 67.2 cm³/mol. The van der Waals surface area contributed by atoms with E-state index in [-0.39, 0.29) is 23.3 Å². The lowest BCUT2D eigenvalue weighted by molar-refractivity contribution is -0.122. The number of phenolic OH excluding ortho intramolecular Hbond substituents is 2. The van der Waals surface area contributed by atoms with Crippen LogP contribution in [0.2, 0.25) is 0 Å². The van der Waals surface area contributed by atoms with Gasteiger partial charge in [-0.25, -0.2) is 0 Å². The lowest BCUT2D eigenvalue weighted by Gasteiger charge is -2.08. The predicted octanol–water partition coefficient (Wildman–Crippen LogP) is 0.714. The van der Waals surface area contributed by atoms with E-state index in [1.54, 1.807) is 6.07 Å². The van der Waals surface area contributed by atoms with E-state index in [0.29, 0.717) is 19.6 Å². The molecule has 1 aliphatic rings. The molecule has 0 bridgehead atoms. The highest BCUT2D eigenvalue weighted by Gasteiger charge is 2.28. The van der Waals surface area contributed by atoms with Gasteiger partial charge in [-0.1, -0.05) is 6.07 Å². The summed E-state index contributed by atoms with van der Waals surface area (Å²) in [7, 11) is 0. The summed E-state index contributed by atoms with van der Waals surface area (Å²) in [5.41, 5.74) is 0.723. The molecule has 5 nitrogen and oxygen atoms in total. The van der Waals surface area contributed by atoms with Crippen molar-refractivity contribution in [2.24, 2.45) is 5.92 Å². The molecule has 0 aliphatic heterocycles. The second kappa shape index (κ2) is 5.73. The minimum Gasteiger partial charge on any atom is -0.508 e. The maximum Gasteiger partial charge on any atom is 0.223 e. The summed E-state index contributed by atoms with van der Waals surface area (Å²) in [6.07, 6.45) is 2.03. The van der Waals surface area contributed by atoms with Gasteiger partial charge in [0, 0.05) is 37.2 Å². The summed E-state index contributed by atoms with van der Waals surface area (Å²) in [6, 6.07) is 4.51. The van der Waals surface area contributed by atoms with Crippen molar-refractivity contribution in [2.75, 3.05) is 13.1 Å². The third-order valence-electron chi connectivity index (χ3n) is 2.93. The van der Waals surface area contributed by atoms with Crippen LogP contribution in [0.1, 0.15) is 18.4 Å². The van der Waals surface area contributed by atoms with E-state index < -0.39 is 0 Å². The monoisotopic (exact) mass is 250 g/mol. The van der Waals surface area contributed by atoms with E-state index >= 15 is 0 Å². The Morgan fingerprint density at radius 1 is 1.28 bits per heavy atom. The number of rotatable bonds is 6. The topological polar surface area (TPSA) is 81.6 Å². The van der Waals surface area contributed by atoms with Crippen molar-refractivity contribution < 1.29 is 15.0 Å². The molecule has 1 fully saturated rings. The van der Waals surface area contributed by atoms with Gasteiger partial charge in [-0.2, -0.15) is 0 Å². The Morgan fingerprint density at radius 2 is 2.06 bits per heavy atom. The summed E-state index contributed by atoms with van der Waals surface area (Å²) < 4.78 is 0. The zero-order valence-electron chi connectivity index (χ0n) is 10.1. The van der Waals surface area contributed by atoms with Gasteiger partial charge >= 0.3 is 0 Å². The van der Waals surface area contributed by atoms with Gasteiger partial charge in [-0.3, -0.25) is 4.79 Å². The molecule has 1 aliphatic carbocycles. The molecule has 1 aromatic carbocycles. The van der Waals surface area contributed by atoms with Crippen molar-refractivity contribution in [2.45, 2.75) is 19.4 Å². The van der Waals surface area contributed by atoms with Crippen LogP contribution in [0.25, 0.3) is 0 Å². The van der Waals surface area contributed by atoms with E-state index in [2.05, 4.69) is 10.6 Å². The molecule has 18 heavy (non-hydrogen) atoms. The van der Waals surface area contributed by atoms with Gasteiger partial charge in [0.15, 0.2) is 0 Å². The van der Waals surface area contributed by atoms with Gasteiger partial charge in [-0.05, 0) is 18.9 Å². The second-order valence-electron chi connectivity index (χ2n) is 4.56. The Balaban J connectivity index is 1.63. The largest absolute Gasteiger partial charge is 0.508 e. The standard InChI is InChI=1S/C13H18N2O3/c16-11-4-3-10(12(17)7-11)8-14-5-6-15-13(18)9-1-2-9/h3-4,7,9,14,16-17H,1-2,5-6,8H2,(H,15,18). The number of amides is 1. The van der Waals surface area contributed by atoms with Crippen LogP contribution in [-0.2, 0) is 11.3 Å². The van der Waals surface area contributed by atoms with Gasteiger partial charge in [0.1, 0.15) is 11.5 Å². The molecule has 0 radical (unpaired) electrons. The number of hydrogen-bond donors (Lipinski definition) is 4. The zero-order chi connectivity index (χ0) is 13.0. The summed E-state index contributed by atoms with van der Waals surface area (Å²) in [5, 5.41) is 24.7. The zero-order valence-corrected chi connectivity index (χ0v) is 10.1. The Bertz CT molecular complexity index is 430. The average Bonchev–Trinajstić information content (AvgIpc) is 3.15. The molecule has 1 aromatic rings. The molecule has 0 saturated heterocycles. The first kappa shape index (κ1) is 12.7. The lowest BCUT2D eigenvalue weighted by Crippen LogP contribution is -2.32. The van der Waals surface area contributed by atoms with Crippen LogP contribution in [0.3, 0.4) is 0 Å². The van der Waals surface area contributed by atoms with Crippen molar-refractivity contribution in [1.82, 2.24) is 10.6 Å². The van der Waals surface area contributed by atoms with Gasteiger partial charge in [0.25, 0.3) is 0 Å². The van der Waals surface area contributed by atoms with Crippen LogP contribution in [-0.4, -0.2) is 29.2 Å². The van der Waals surface area contributed by atoms with Gasteiger partial charge in [0.05, 0.1) is 0 Å². The summed E-state index contributed by atoms with van der Waals surface area (Å²) >= 11 is 0. The Hall–Kier alpha value is -1.75. The molecule has 5 heteroatoms. The van der Waals surface area contributed by atoms with Crippen LogP contribution in [0.5, 0.6) is 11.5 Å². The molecular formula is C13H18N2O3. The number of phenols is 2. The summed E-state index contributed by atoms with van der Waals surface area (Å²) in [5.74, 6) is 0.507. The molecule has 2 rings (SSSR count). The third-order valence-corrected chi connectivity index (χ3v) is 2.93. The van der Waals surface area contributed by atoms with E-state index in [4.69, 9.17) is 5.11 Å². The maximum atomic E-state index is 11.3. The molecule has 1 saturated carbocycles. The third kappa shape index (κ3) is 3.63. The molecular weight excluding hydrogens is 232 g/mol. The molecule has 4 N–H and O–H groups in total. The smallest absolute Gasteiger partial charge is 0.223 e. The minimum atomic E-state index is 0.0490. The van der Waals surface area contributed by atoms with Gasteiger partial charge < -0.3 is 20.8 Å². The quantitative estimate of drug-likeness (QED) is 0.561. The number of carbonyl (C=O) groups is 1. The maximum absolute atomic E-state index is 11.3. The highest BCUT2D eigenvalue weighted by atomic mass is 16.3. The van der Waals surface area contributed by atoms with Crippen molar-refractivity contribution in [3.05, 3.63) is 23.8 Å². The second-order valence-corrected chi connectivity index (χ2v) is 4.56. The van der Waals surface area contributed by atoms with E-state index in [9.17, 15) is 9.90 Å². The molecule has 0 atom stereocenters. The first-order valence-corrected chi connectivity index (χ1v) is 6.16. The number of nitrogens with one attached hydrogen (secondary N) is 2. The van der Waals surface area contributed by atoms with E-state index in [1.807, 2.05) is 0 Å². The van der Waals surface area contributed by atoms with Gasteiger partial charge in [0.2, 0.25) is 5.91 Å². The highest BCUT2D eigenvalue weighted by Crippen LogP contribution is 2.28. The van der Waals surface area contributed by atoms with Crippen molar-refractivity contribution in [3.63, 3.8) is 0 Å². The molecule has 0 spiro atoms. The van der Waals surface area contributed by atoms with Crippen LogP contribution >= 0.6 is 0 Å². The normalized spacial score (nSPS) is 14.4. The van der Waals surface area contributed by atoms with Crippen LogP contribution < -0.4 is 10.6 Å². The number of aromatic hydroxyl groups is 2. The number of hydrogen-bond acceptors (Lipinski definition) is 4.